The van der Waals surface area contributed by atoms with Gasteiger partial charge in [-0.15, -0.1) is 0 Å². The Bertz CT molecular complexity index is 2160. The van der Waals surface area contributed by atoms with Crippen LogP contribution in [0.5, 0.6) is 0 Å². The summed E-state index contributed by atoms with van der Waals surface area (Å²) in [4.78, 5) is 0. The maximum atomic E-state index is 2.37. The van der Waals surface area contributed by atoms with Crippen molar-refractivity contribution in [2.45, 2.75) is 105 Å². The second kappa shape index (κ2) is 15.4. The summed E-state index contributed by atoms with van der Waals surface area (Å²) in [5.74, 6) is 0. The van der Waals surface area contributed by atoms with E-state index in [1.165, 1.54) is 89.0 Å². The Kier molecular flexibility index (Phi) is 10.8. The van der Waals surface area contributed by atoms with Gasteiger partial charge in [0.15, 0.2) is 0 Å². The highest BCUT2D eigenvalue weighted by molar-refractivity contribution is 6.15. The quantitative estimate of drug-likeness (QED) is 0.158. The molecule has 294 valence electrons. The third-order valence-corrected chi connectivity index (χ3v) is 11.8. The number of hydrogen-bond acceptors (Lipinski definition) is 0. The van der Waals surface area contributed by atoms with Crippen molar-refractivity contribution in [3.05, 3.63) is 180 Å². The molecule has 58 heavy (non-hydrogen) atoms. The van der Waals surface area contributed by atoms with Crippen molar-refractivity contribution in [1.82, 2.24) is 0 Å². The smallest absolute Gasteiger partial charge is 0.00139 e. The molecule has 0 heteroatoms. The van der Waals surface area contributed by atoms with Crippen LogP contribution < -0.4 is 0 Å². The molecule has 0 N–H and O–H groups in total. The predicted molar refractivity (Wildman–Crippen MR) is 254 cm³/mol. The standard InChI is InChI=1S/C58H62/c1-55(2,3)45-31-23-41(24-32-45)51-49(39-19-15-13-16-20-39)53(43-27-35-47(36-28-43)57(7,8)9)54(44-29-37-48(38-30-44)58(10,11)12)50(40-21-17-14-18-22-40)52(51)42-25-33-46(34-26-42)56(4,5)6/h13-38H,1-12H3. The Hall–Kier alpha value is -5.46. The van der Waals surface area contributed by atoms with Crippen molar-refractivity contribution >= 4 is 0 Å². The number of rotatable bonds is 6. The maximum absolute atomic E-state index is 2.37. The third kappa shape index (κ3) is 8.26. The van der Waals surface area contributed by atoms with Gasteiger partial charge in [0, 0.05) is 0 Å². The first kappa shape index (κ1) is 40.7. The molecule has 7 aromatic rings. The van der Waals surface area contributed by atoms with Crippen molar-refractivity contribution < 1.29 is 0 Å². The Morgan fingerprint density at radius 3 is 0.500 bits per heavy atom. The minimum absolute atomic E-state index is 0.0324. The summed E-state index contributed by atoms with van der Waals surface area (Å²) in [6.45, 7) is 27.6. The van der Waals surface area contributed by atoms with Gasteiger partial charge in [0.05, 0.1) is 0 Å². The summed E-state index contributed by atoms with van der Waals surface area (Å²) >= 11 is 0. The molecule has 0 aromatic heterocycles. The lowest BCUT2D eigenvalue weighted by molar-refractivity contribution is 0.590. The van der Waals surface area contributed by atoms with E-state index < -0.39 is 0 Å². The molecule has 0 saturated heterocycles. The fourth-order valence-electron chi connectivity index (χ4n) is 8.24. The minimum Gasteiger partial charge on any atom is -0.0622 e. The summed E-state index contributed by atoms with van der Waals surface area (Å²) in [6, 6.07) is 59.9. The summed E-state index contributed by atoms with van der Waals surface area (Å²) in [5.41, 5.74) is 20.2. The molecule has 7 rings (SSSR count). The molecule has 0 spiro atoms. The molecule has 0 bridgehead atoms. The fraction of sp³-hybridized carbons (Fsp3) is 0.276. The van der Waals surface area contributed by atoms with Crippen LogP contribution in [0.2, 0.25) is 0 Å². The van der Waals surface area contributed by atoms with Crippen molar-refractivity contribution in [2.24, 2.45) is 0 Å². The largest absolute Gasteiger partial charge is 0.0622 e. The van der Waals surface area contributed by atoms with Gasteiger partial charge in [-0.25, -0.2) is 0 Å². The van der Waals surface area contributed by atoms with Crippen molar-refractivity contribution in [3.8, 4) is 66.8 Å². The lowest BCUT2D eigenvalue weighted by atomic mass is 9.73. The first-order valence-corrected chi connectivity index (χ1v) is 21.1. The van der Waals surface area contributed by atoms with E-state index in [0.29, 0.717) is 0 Å². The molecule has 0 nitrogen and oxygen atoms in total. The van der Waals surface area contributed by atoms with Gasteiger partial charge in [0.25, 0.3) is 0 Å². The van der Waals surface area contributed by atoms with Crippen LogP contribution in [0.3, 0.4) is 0 Å². The molecular weight excluding hydrogens is 697 g/mol. The summed E-state index contributed by atoms with van der Waals surface area (Å²) in [6.07, 6.45) is 0. The Morgan fingerprint density at radius 2 is 0.345 bits per heavy atom. The van der Waals surface area contributed by atoms with Crippen LogP contribution in [-0.2, 0) is 21.7 Å². The van der Waals surface area contributed by atoms with E-state index in [4.69, 9.17) is 0 Å². The molecule has 0 amide bonds. The lowest BCUT2D eigenvalue weighted by Gasteiger charge is -2.30. The van der Waals surface area contributed by atoms with Crippen LogP contribution in [0.1, 0.15) is 105 Å². The first-order chi connectivity index (χ1) is 27.3. The van der Waals surface area contributed by atoms with Gasteiger partial charge in [-0.2, -0.15) is 0 Å². The van der Waals surface area contributed by atoms with E-state index in [9.17, 15) is 0 Å². The SMILES string of the molecule is CC(C)(C)c1ccc(-c2c(-c3ccccc3)c(-c3ccc(C(C)(C)C)cc3)c(-c3ccc(C(C)(C)C)cc3)c(-c3ccccc3)c2-c2ccc(C(C)(C)C)cc2)cc1. The predicted octanol–water partition coefficient (Wildman–Crippen LogP) is 16.9. The van der Waals surface area contributed by atoms with Gasteiger partial charge in [-0.05, 0) is 111 Å². The molecule has 0 aliphatic rings. The van der Waals surface area contributed by atoms with E-state index in [0.717, 1.165) is 0 Å². The zero-order chi connectivity index (χ0) is 41.6. The molecule has 0 unspecified atom stereocenters. The van der Waals surface area contributed by atoms with Crippen LogP contribution in [0, 0.1) is 0 Å². The highest BCUT2D eigenvalue weighted by atomic mass is 14.3. The Morgan fingerprint density at radius 1 is 0.190 bits per heavy atom. The minimum atomic E-state index is 0.0324. The second-order valence-corrected chi connectivity index (χ2v) is 20.3. The molecule has 0 fully saturated rings. The normalized spacial score (nSPS) is 12.5. The second-order valence-electron chi connectivity index (χ2n) is 20.3. The highest BCUT2D eigenvalue weighted by Crippen LogP contribution is 2.56. The summed E-state index contributed by atoms with van der Waals surface area (Å²) in [7, 11) is 0. The van der Waals surface area contributed by atoms with Crippen LogP contribution in [0.25, 0.3) is 66.8 Å². The van der Waals surface area contributed by atoms with Gasteiger partial charge in [-0.3, -0.25) is 0 Å². The molecular formula is C58H62. The number of hydrogen-bond donors (Lipinski definition) is 0. The van der Waals surface area contributed by atoms with Gasteiger partial charge < -0.3 is 0 Å². The van der Waals surface area contributed by atoms with Gasteiger partial charge in [0.2, 0.25) is 0 Å². The van der Waals surface area contributed by atoms with Crippen molar-refractivity contribution in [3.63, 3.8) is 0 Å². The average Bonchev–Trinajstić information content (AvgIpc) is 3.19. The Labute approximate surface area is 350 Å². The molecule has 0 saturated carbocycles. The van der Waals surface area contributed by atoms with E-state index in [1.807, 2.05) is 0 Å². The zero-order valence-electron chi connectivity index (χ0n) is 37.0. The maximum Gasteiger partial charge on any atom is -0.00139 e. The van der Waals surface area contributed by atoms with E-state index >= 15 is 0 Å². The molecule has 0 radical (unpaired) electrons. The van der Waals surface area contributed by atoms with E-state index in [2.05, 4.69) is 241 Å². The first-order valence-electron chi connectivity index (χ1n) is 21.1. The fourth-order valence-corrected chi connectivity index (χ4v) is 8.24. The van der Waals surface area contributed by atoms with Crippen LogP contribution >= 0.6 is 0 Å². The van der Waals surface area contributed by atoms with Crippen LogP contribution in [0.4, 0.5) is 0 Å². The van der Waals surface area contributed by atoms with Gasteiger partial charge >= 0.3 is 0 Å². The van der Waals surface area contributed by atoms with Gasteiger partial charge in [-0.1, -0.05) is 241 Å². The van der Waals surface area contributed by atoms with E-state index in [-0.39, 0.29) is 21.7 Å². The monoisotopic (exact) mass is 758 g/mol. The summed E-state index contributed by atoms with van der Waals surface area (Å²) < 4.78 is 0. The summed E-state index contributed by atoms with van der Waals surface area (Å²) in [5, 5.41) is 0. The van der Waals surface area contributed by atoms with Crippen molar-refractivity contribution in [1.29, 1.82) is 0 Å². The third-order valence-electron chi connectivity index (χ3n) is 11.8. The molecule has 7 aromatic carbocycles. The topological polar surface area (TPSA) is 0 Å². The van der Waals surface area contributed by atoms with Crippen LogP contribution in [-0.4, -0.2) is 0 Å². The molecule has 0 aliphatic heterocycles. The highest BCUT2D eigenvalue weighted by Gasteiger charge is 2.30. The molecule has 0 aliphatic carbocycles. The number of benzene rings is 7. The van der Waals surface area contributed by atoms with E-state index in [1.54, 1.807) is 0 Å². The Balaban J connectivity index is 1.76. The molecule has 0 heterocycles. The van der Waals surface area contributed by atoms with Gasteiger partial charge in [0.1, 0.15) is 0 Å². The average molecular weight is 759 g/mol. The molecule has 0 atom stereocenters. The lowest BCUT2D eigenvalue weighted by Crippen LogP contribution is -2.11. The van der Waals surface area contributed by atoms with Crippen LogP contribution in [0.15, 0.2) is 158 Å². The zero-order valence-corrected chi connectivity index (χ0v) is 37.0. The van der Waals surface area contributed by atoms with Crippen molar-refractivity contribution in [2.75, 3.05) is 0 Å².